The highest BCUT2D eigenvalue weighted by Gasteiger charge is 1.90. The van der Waals surface area contributed by atoms with Gasteiger partial charge in [0, 0.05) is 6.42 Å². The van der Waals surface area contributed by atoms with Crippen LogP contribution in [0.15, 0.2) is 24.3 Å². The van der Waals surface area contributed by atoms with Crippen molar-refractivity contribution < 1.29 is 4.79 Å². The van der Waals surface area contributed by atoms with E-state index >= 15 is 0 Å². The van der Waals surface area contributed by atoms with Crippen molar-refractivity contribution in [2.45, 2.75) is 110 Å². The number of allylic oxidation sites excluding steroid dienone is 4. The molecule has 0 radical (unpaired) electrons. The van der Waals surface area contributed by atoms with Crippen molar-refractivity contribution in [2.24, 2.45) is 0 Å². The van der Waals surface area contributed by atoms with Crippen LogP contribution in [-0.4, -0.2) is 6.29 Å². The van der Waals surface area contributed by atoms with Crippen LogP contribution in [0.25, 0.3) is 0 Å². The molecule has 0 heterocycles. The van der Waals surface area contributed by atoms with Crippen LogP contribution in [0.2, 0.25) is 0 Å². The number of rotatable bonds is 18. The first-order chi connectivity index (χ1) is 11.4. The van der Waals surface area contributed by atoms with E-state index < -0.39 is 0 Å². The molecule has 0 rings (SSSR count). The van der Waals surface area contributed by atoms with Crippen molar-refractivity contribution in [3.8, 4) is 0 Å². The lowest BCUT2D eigenvalue weighted by molar-refractivity contribution is -0.107. The summed E-state index contributed by atoms with van der Waals surface area (Å²) >= 11 is 0. The Morgan fingerprint density at radius 1 is 0.478 bits per heavy atom. The molecule has 23 heavy (non-hydrogen) atoms. The van der Waals surface area contributed by atoms with Crippen LogP contribution >= 0.6 is 0 Å². The zero-order chi connectivity index (χ0) is 16.8. The highest BCUT2D eigenvalue weighted by atomic mass is 16.1. The summed E-state index contributed by atoms with van der Waals surface area (Å²) in [4.78, 5) is 10.2. The van der Waals surface area contributed by atoms with Gasteiger partial charge in [-0.25, -0.2) is 0 Å². The van der Waals surface area contributed by atoms with Crippen molar-refractivity contribution in [1.82, 2.24) is 0 Å². The first-order valence-corrected chi connectivity index (χ1v) is 10.2. The lowest BCUT2D eigenvalue weighted by Crippen LogP contribution is -1.79. The zero-order valence-corrected chi connectivity index (χ0v) is 15.6. The summed E-state index contributed by atoms with van der Waals surface area (Å²) in [6.07, 6.45) is 30.6. The predicted molar refractivity (Wildman–Crippen MR) is 104 cm³/mol. The van der Waals surface area contributed by atoms with E-state index in [-0.39, 0.29) is 0 Å². The van der Waals surface area contributed by atoms with Crippen molar-refractivity contribution >= 4 is 6.29 Å². The third kappa shape index (κ3) is 21.1. The molecule has 0 spiro atoms. The van der Waals surface area contributed by atoms with Crippen LogP contribution < -0.4 is 0 Å². The van der Waals surface area contributed by atoms with Gasteiger partial charge in [0.05, 0.1) is 0 Å². The minimum atomic E-state index is 0.705. The zero-order valence-electron chi connectivity index (χ0n) is 15.6. The van der Waals surface area contributed by atoms with E-state index in [0.29, 0.717) is 6.42 Å². The quantitative estimate of drug-likeness (QED) is 0.145. The molecule has 0 atom stereocenters. The molecule has 1 nitrogen and oxygen atoms in total. The van der Waals surface area contributed by atoms with Crippen molar-refractivity contribution in [3.05, 3.63) is 24.3 Å². The molecule has 1 heteroatoms. The largest absolute Gasteiger partial charge is 0.303 e. The molecule has 0 aliphatic rings. The Morgan fingerprint density at radius 2 is 0.870 bits per heavy atom. The van der Waals surface area contributed by atoms with E-state index in [4.69, 9.17) is 0 Å². The van der Waals surface area contributed by atoms with Gasteiger partial charge in [-0.2, -0.15) is 0 Å². The molecule has 0 aliphatic carbocycles. The monoisotopic (exact) mass is 320 g/mol. The standard InChI is InChI=1S/C22H40O/c1-2-3-4-5-6-7-8-9-10-11-12-13-14-15-16-17-18-19-20-21-22-23/h9-10,17-18,22H,2-8,11-16,19-21H2,1H3/b10-9+,18-17+. The lowest BCUT2D eigenvalue weighted by Gasteiger charge is -1.98. The van der Waals surface area contributed by atoms with Crippen LogP contribution in [0, 0.1) is 0 Å². The van der Waals surface area contributed by atoms with Gasteiger partial charge in [0.25, 0.3) is 0 Å². The summed E-state index contributed by atoms with van der Waals surface area (Å²) in [5.74, 6) is 0. The van der Waals surface area contributed by atoms with Crippen molar-refractivity contribution in [3.63, 3.8) is 0 Å². The Labute approximate surface area is 145 Å². The molecular formula is C22H40O. The van der Waals surface area contributed by atoms with Gasteiger partial charge in [0.15, 0.2) is 0 Å². The van der Waals surface area contributed by atoms with E-state index in [1.165, 1.54) is 83.5 Å². The number of hydrogen-bond acceptors (Lipinski definition) is 1. The Kier molecular flexibility index (Phi) is 20.4. The first kappa shape index (κ1) is 22.1. The average molecular weight is 321 g/mol. The second-order valence-electron chi connectivity index (χ2n) is 6.59. The summed E-state index contributed by atoms with van der Waals surface area (Å²) in [6.45, 7) is 2.28. The number of carbonyl (C=O) groups excluding carboxylic acids is 1. The Morgan fingerprint density at radius 3 is 1.30 bits per heavy atom. The van der Waals surface area contributed by atoms with Crippen LogP contribution in [-0.2, 0) is 4.79 Å². The second-order valence-corrected chi connectivity index (χ2v) is 6.59. The van der Waals surface area contributed by atoms with Gasteiger partial charge in [-0.1, -0.05) is 76.2 Å². The number of aldehydes is 1. The van der Waals surface area contributed by atoms with Crippen LogP contribution in [0.5, 0.6) is 0 Å². The van der Waals surface area contributed by atoms with Gasteiger partial charge in [0.1, 0.15) is 6.29 Å². The van der Waals surface area contributed by atoms with Crippen LogP contribution in [0.3, 0.4) is 0 Å². The normalized spacial score (nSPS) is 11.7. The summed E-state index contributed by atoms with van der Waals surface area (Å²) in [7, 11) is 0. The molecule has 0 bridgehead atoms. The van der Waals surface area contributed by atoms with Crippen LogP contribution in [0.4, 0.5) is 0 Å². The van der Waals surface area contributed by atoms with E-state index in [0.717, 1.165) is 19.1 Å². The summed E-state index contributed by atoms with van der Waals surface area (Å²) in [5, 5.41) is 0. The fourth-order valence-corrected chi connectivity index (χ4v) is 2.71. The van der Waals surface area contributed by atoms with E-state index in [9.17, 15) is 4.79 Å². The second kappa shape index (κ2) is 21.1. The minimum absolute atomic E-state index is 0.705. The van der Waals surface area contributed by atoms with Crippen LogP contribution in [0.1, 0.15) is 110 Å². The molecule has 0 amide bonds. The van der Waals surface area contributed by atoms with Gasteiger partial charge < -0.3 is 4.79 Å². The smallest absolute Gasteiger partial charge is 0.120 e. The lowest BCUT2D eigenvalue weighted by atomic mass is 10.1. The Hall–Kier alpha value is -0.850. The summed E-state index contributed by atoms with van der Waals surface area (Å²) in [6, 6.07) is 0. The SMILES string of the molecule is CCCCCCCC/C=C/CCCCCC/C=C/CCCC=O. The Bertz CT molecular complexity index is 278. The van der Waals surface area contributed by atoms with E-state index in [2.05, 4.69) is 31.2 Å². The maximum absolute atomic E-state index is 10.2. The molecule has 0 aromatic rings. The van der Waals surface area contributed by atoms with Gasteiger partial charge in [-0.3, -0.25) is 0 Å². The van der Waals surface area contributed by atoms with E-state index in [1.807, 2.05) is 0 Å². The van der Waals surface area contributed by atoms with Gasteiger partial charge in [-0.15, -0.1) is 0 Å². The highest BCUT2D eigenvalue weighted by Crippen LogP contribution is 2.09. The number of hydrogen-bond donors (Lipinski definition) is 0. The third-order valence-electron chi connectivity index (χ3n) is 4.24. The molecule has 0 N–H and O–H groups in total. The van der Waals surface area contributed by atoms with E-state index in [1.54, 1.807) is 0 Å². The molecule has 0 aliphatic heterocycles. The summed E-state index contributed by atoms with van der Waals surface area (Å²) < 4.78 is 0. The fourth-order valence-electron chi connectivity index (χ4n) is 2.71. The molecule has 0 saturated carbocycles. The van der Waals surface area contributed by atoms with Gasteiger partial charge in [-0.05, 0) is 51.4 Å². The summed E-state index contributed by atoms with van der Waals surface area (Å²) in [5.41, 5.74) is 0. The highest BCUT2D eigenvalue weighted by molar-refractivity contribution is 5.48. The average Bonchev–Trinajstić information content (AvgIpc) is 2.57. The number of carbonyl (C=O) groups is 1. The molecule has 0 fully saturated rings. The predicted octanol–water partition coefficient (Wildman–Crippen LogP) is 7.56. The third-order valence-corrected chi connectivity index (χ3v) is 4.24. The molecular weight excluding hydrogens is 280 g/mol. The van der Waals surface area contributed by atoms with Gasteiger partial charge >= 0.3 is 0 Å². The fraction of sp³-hybridized carbons (Fsp3) is 0.773. The van der Waals surface area contributed by atoms with Crippen molar-refractivity contribution in [1.29, 1.82) is 0 Å². The maximum atomic E-state index is 10.2. The molecule has 0 unspecified atom stereocenters. The number of unbranched alkanes of at least 4 members (excludes halogenated alkanes) is 13. The van der Waals surface area contributed by atoms with Gasteiger partial charge in [0.2, 0.25) is 0 Å². The molecule has 0 aromatic heterocycles. The maximum Gasteiger partial charge on any atom is 0.120 e. The molecule has 0 aromatic carbocycles. The molecule has 134 valence electrons. The Balaban J connectivity index is 3.11. The topological polar surface area (TPSA) is 17.1 Å². The minimum Gasteiger partial charge on any atom is -0.303 e. The van der Waals surface area contributed by atoms with Crippen molar-refractivity contribution in [2.75, 3.05) is 0 Å². The molecule has 0 saturated heterocycles. The first-order valence-electron chi connectivity index (χ1n) is 10.2.